The maximum absolute atomic E-state index is 9.23. The van der Waals surface area contributed by atoms with Crippen molar-refractivity contribution in [2.24, 2.45) is 5.41 Å². The van der Waals surface area contributed by atoms with Gasteiger partial charge in [-0.25, -0.2) is 0 Å². The summed E-state index contributed by atoms with van der Waals surface area (Å²) >= 11 is 3.21. The zero-order chi connectivity index (χ0) is 28.8. The number of benzene rings is 1. The molecular formula is C19H22BrN. The molecule has 3 rings (SSSR count). The van der Waals surface area contributed by atoms with Crippen molar-refractivity contribution in [3.63, 3.8) is 0 Å². The van der Waals surface area contributed by atoms with Crippen molar-refractivity contribution in [2.45, 2.75) is 45.6 Å². The van der Waals surface area contributed by atoms with Crippen LogP contribution in [0.4, 0.5) is 0 Å². The number of aromatic nitrogens is 1. The highest BCUT2D eigenvalue weighted by molar-refractivity contribution is 9.10. The lowest BCUT2D eigenvalue weighted by Crippen LogP contribution is -2.33. The minimum absolute atomic E-state index is 0.101. The van der Waals surface area contributed by atoms with Crippen molar-refractivity contribution in [3.05, 3.63) is 52.1 Å². The molecule has 0 bridgehead atoms. The molecule has 21 heavy (non-hydrogen) atoms. The Bertz CT molecular complexity index is 1160. The van der Waals surface area contributed by atoms with Gasteiger partial charge in [0.2, 0.25) is 0 Å². The van der Waals surface area contributed by atoms with E-state index in [9.17, 15) is 1.37 Å². The van der Waals surface area contributed by atoms with Crippen LogP contribution in [0.5, 0.6) is 0 Å². The molecule has 1 aromatic carbocycles. The summed E-state index contributed by atoms with van der Waals surface area (Å²) in [7, 11) is 0. The summed E-state index contributed by atoms with van der Waals surface area (Å²) in [6, 6.07) is 6.15. The van der Waals surface area contributed by atoms with Crippen LogP contribution in [0.1, 0.15) is 73.2 Å². The van der Waals surface area contributed by atoms with Gasteiger partial charge in [0.25, 0.3) is 0 Å². The van der Waals surface area contributed by atoms with Crippen molar-refractivity contribution < 1.29 is 21.9 Å². The standard InChI is InChI=1S/C19H22BrN/c1-12-15-10-13(17-9-7-14(20)11-21-17)6-8-16(15)19(4,5)18(12,2)3/h6-12H,1-5H3/i1D3,2D3,3D3,4D3,5D3,12D. The first-order valence-corrected chi connectivity index (χ1v) is 6.90. The molecule has 1 nitrogen and oxygen atoms in total. The molecule has 1 heterocycles. The fraction of sp³-hybridized carbons (Fsp3) is 0.421. The summed E-state index contributed by atoms with van der Waals surface area (Å²) in [4.78, 5) is 4.16. The monoisotopic (exact) mass is 359 g/mol. The normalized spacial score (nSPS) is 39.9. The van der Waals surface area contributed by atoms with Crippen LogP contribution in [0.2, 0.25) is 0 Å². The number of nitrogens with zero attached hydrogens (tertiary/aromatic N) is 1. The van der Waals surface area contributed by atoms with Gasteiger partial charge in [0.15, 0.2) is 0 Å². The van der Waals surface area contributed by atoms with Crippen molar-refractivity contribution in [1.29, 1.82) is 0 Å². The van der Waals surface area contributed by atoms with Crippen LogP contribution < -0.4 is 0 Å². The molecule has 0 fully saturated rings. The second-order valence-corrected chi connectivity index (χ2v) is 5.91. The zero-order valence-corrected chi connectivity index (χ0v) is 12.4. The van der Waals surface area contributed by atoms with Crippen LogP contribution in [0.15, 0.2) is 41.0 Å². The SMILES string of the molecule is [2H]C([2H])([2H])C1([2H])c2cc(-c3ccc(Br)cn3)ccc2C(C([2H])([2H])[2H])(C([2H])([2H])[2H])C1(C([2H])([2H])[2H])C([2H])([2H])[2H]. The molecule has 0 aliphatic heterocycles. The van der Waals surface area contributed by atoms with Crippen LogP contribution in [0.3, 0.4) is 0 Å². The Hall–Kier alpha value is -1.15. The fourth-order valence-electron chi connectivity index (χ4n) is 2.38. The third-order valence-electron chi connectivity index (χ3n) is 3.65. The first-order valence-electron chi connectivity index (χ1n) is 14.1. The summed E-state index contributed by atoms with van der Waals surface area (Å²) in [5.41, 5.74) is -9.28. The van der Waals surface area contributed by atoms with Crippen LogP contribution in [-0.2, 0) is 5.41 Å². The first-order chi connectivity index (χ1) is 16.3. The maximum atomic E-state index is 9.23. The summed E-state index contributed by atoms with van der Waals surface area (Å²) in [6.07, 6.45) is 1.39. The lowest BCUT2D eigenvalue weighted by molar-refractivity contribution is 0.190. The molecule has 0 spiro atoms. The minimum Gasteiger partial charge on any atom is -0.255 e. The molecule has 1 aromatic heterocycles. The third kappa shape index (κ3) is 2.07. The zero-order valence-electron chi connectivity index (χ0n) is 26.8. The van der Waals surface area contributed by atoms with E-state index in [-0.39, 0.29) is 11.3 Å². The summed E-state index contributed by atoms with van der Waals surface area (Å²) in [5.74, 6) is -3.72. The van der Waals surface area contributed by atoms with Crippen LogP contribution in [-0.4, -0.2) is 4.98 Å². The van der Waals surface area contributed by atoms with Gasteiger partial charge in [-0.2, -0.15) is 0 Å². The Labute approximate surface area is 158 Å². The molecule has 110 valence electrons. The molecule has 1 aliphatic rings. The second kappa shape index (κ2) is 4.67. The van der Waals surface area contributed by atoms with E-state index in [1.807, 2.05) is 0 Å². The van der Waals surface area contributed by atoms with Crippen molar-refractivity contribution in [3.8, 4) is 11.3 Å². The fourth-order valence-corrected chi connectivity index (χ4v) is 2.61. The average molecular weight is 360 g/mol. The third-order valence-corrected chi connectivity index (χ3v) is 4.12. The Balaban J connectivity index is 2.75. The molecule has 1 atom stereocenters. The smallest absolute Gasteiger partial charge is 0.0702 e. The van der Waals surface area contributed by atoms with Gasteiger partial charge in [0, 0.05) is 38.2 Å². The molecule has 2 aromatic rings. The Morgan fingerprint density at radius 3 is 2.67 bits per heavy atom. The Kier molecular flexibility index (Phi) is 1.10. The Morgan fingerprint density at radius 2 is 2.05 bits per heavy atom. The maximum Gasteiger partial charge on any atom is 0.0702 e. The van der Waals surface area contributed by atoms with Gasteiger partial charge < -0.3 is 0 Å². The highest BCUT2D eigenvalue weighted by Crippen LogP contribution is 2.58. The van der Waals surface area contributed by atoms with Crippen LogP contribution in [0.25, 0.3) is 11.3 Å². The van der Waals surface area contributed by atoms with Crippen LogP contribution in [0, 0.1) is 5.41 Å². The number of rotatable bonds is 1. The van der Waals surface area contributed by atoms with Gasteiger partial charge in [-0.3, -0.25) is 4.98 Å². The minimum atomic E-state index is -4.12. The molecule has 0 amide bonds. The van der Waals surface area contributed by atoms with E-state index in [0.717, 1.165) is 12.1 Å². The second-order valence-electron chi connectivity index (χ2n) is 5.00. The summed E-state index contributed by atoms with van der Waals surface area (Å²) in [5, 5.41) is 0. The van der Waals surface area contributed by atoms with E-state index in [2.05, 4.69) is 20.9 Å². The topological polar surface area (TPSA) is 12.9 Å². The molecule has 2 heteroatoms. The van der Waals surface area contributed by atoms with Crippen molar-refractivity contribution >= 4 is 15.9 Å². The number of hydrogen-bond donors (Lipinski definition) is 0. The van der Waals surface area contributed by atoms with Crippen molar-refractivity contribution in [2.75, 3.05) is 0 Å². The molecule has 0 radical (unpaired) electrons. The average Bonchev–Trinajstić information content (AvgIpc) is 2.92. The molecule has 1 aliphatic carbocycles. The predicted octanol–water partition coefficient (Wildman–Crippen LogP) is 5.93. The molecule has 0 saturated carbocycles. The van der Waals surface area contributed by atoms with E-state index in [1.165, 1.54) is 18.3 Å². The van der Waals surface area contributed by atoms with Gasteiger partial charge in [0.1, 0.15) is 0 Å². The quantitative estimate of drug-likeness (QED) is 0.614. The molecule has 0 N–H and O–H groups in total. The molecule has 0 saturated heterocycles. The molecular weight excluding hydrogens is 322 g/mol. The van der Waals surface area contributed by atoms with Gasteiger partial charge in [-0.05, 0) is 62.0 Å². The van der Waals surface area contributed by atoms with Crippen LogP contribution >= 0.6 is 15.9 Å². The largest absolute Gasteiger partial charge is 0.255 e. The van der Waals surface area contributed by atoms with E-state index in [0.29, 0.717) is 4.47 Å². The Morgan fingerprint density at radius 1 is 1.19 bits per heavy atom. The first kappa shape index (κ1) is 4.92. The highest BCUT2D eigenvalue weighted by atomic mass is 79.9. The van der Waals surface area contributed by atoms with Crippen molar-refractivity contribution in [1.82, 2.24) is 4.98 Å². The van der Waals surface area contributed by atoms with E-state index in [4.69, 9.17) is 20.6 Å². The number of hydrogen-bond acceptors (Lipinski definition) is 1. The van der Waals surface area contributed by atoms with Gasteiger partial charge >= 0.3 is 0 Å². The van der Waals surface area contributed by atoms with E-state index >= 15 is 0 Å². The van der Waals surface area contributed by atoms with Gasteiger partial charge in [0.05, 0.1) is 5.69 Å². The lowest BCUT2D eigenvalue weighted by Gasteiger charge is -2.38. The summed E-state index contributed by atoms with van der Waals surface area (Å²) < 4.78 is 134. The number of pyridine rings is 1. The van der Waals surface area contributed by atoms with E-state index < -0.39 is 62.1 Å². The highest BCUT2D eigenvalue weighted by Gasteiger charge is 2.50. The summed E-state index contributed by atoms with van der Waals surface area (Å²) in [6.45, 7) is -19.8. The number of fused-ring (bicyclic) bond motifs is 1. The predicted molar refractivity (Wildman–Crippen MR) is 92.6 cm³/mol. The lowest BCUT2D eigenvalue weighted by atomic mass is 9.65. The van der Waals surface area contributed by atoms with Gasteiger partial charge in [-0.1, -0.05) is 46.4 Å². The van der Waals surface area contributed by atoms with E-state index in [1.54, 1.807) is 6.07 Å². The van der Waals surface area contributed by atoms with Gasteiger partial charge in [-0.15, -0.1) is 0 Å². The number of halogens is 1. The molecule has 1 unspecified atom stereocenters.